The van der Waals surface area contributed by atoms with Gasteiger partial charge in [-0.2, -0.15) is 0 Å². The van der Waals surface area contributed by atoms with Crippen molar-refractivity contribution >= 4 is 23.7 Å². The molecule has 1 aliphatic heterocycles. The van der Waals surface area contributed by atoms with E-state index in [1.54, 1.807) is 38.7 Å². The van der Waals surface area contributed by atoms with Crippen LogP contribution in [0.15, 0.2) is 23.1 Å². The lowest BCUT2D eigenvalue weighted by molar-refractivity contribution is 0.0228. The first-order valence-corrected chi connectivity index (χ1v) is 12.4. The molecule has 2 aromatic rings. The van der Waals surface area contributed by atoms with E-state index in [9.17, 15) is 18.8 Å². The zero-order valence-corrected chi connectivity index (χ0v) is 21.1. The van der Waals surface area contributed by atoms with Crippen LogP contribution in [0.25, 0.3) is 11.6 Å². The lowest BCUT2D eigenvalue weighted by atomic mass is 10.0. The molecule has 2 aromatic heterocycles. The number of carbonyl (C=O) groups is 2. The Morgan fingerprint density at radius 1 is 1.19 bits per heavy atom. The van der Waals surface area contributed by atoms with Crippen LogP contribution in [-0.2, 0) is 9.47 Å². The van der Waals surface area contributed by atoms with Gasteiger partial charge in [0.15, 0.2) is 11.6 Å². The van der Waals surface area contributed by atoms with Gasteiger partial charge in [-0.3, -0.25) is 9.20 Å². The molecule has 0 unspecified atom stereocenters. The molecule has 7 nitrogen and oxygen atoms in total. The van der Waals surface area contributed by atoms with E-state index in [0.29, 0.717) is 18.5 Å². The van der Waals surface area contributed by atoms with Gasteiger partial charge in [0.2, 0.25) is 0 Å². The minimum absolute atomic E-state index is 0.0447. The molecule has 4 rings (SSSR count). The average molecular weight is 503 g/mol. The molecule has 2 fully saturated rings. The molecule has 2 aliphatic rings. The van der Waals surface area contributed by atoms with Crippen molar-refractivity contribution in [2.24, 2.45) is 0 Å². The number of hydrogen-bond donors (Lipinski definition) is 0. The van der Waals surface area contributed by atoms with Crippen molar-refractivity contribution in [1.29, 1.82) is 0 Å². The third-order valence-corrected chi connectivity index (χ3v) is 6.42. The van der Waals surface area contributed by atoms with Crippen molar-refractivity contribution in [3.63, 3.8) is 0 Å². The number of pyridine rings is 2. The zero-order chi connectivity index (χ0) is 26.2. The Morgan fingerprint density at radius 3 is 2.56 bits per heavy atom. The fraction of sp³-hybridized carbons (Fsp3) is 0.519. The Bertz CT molecular complexity index is 1270. The summed E-state index contributed by atoms with van der Waals surface area (Å²) in [5.41, 5.74) is -0.748. The Kier molecular flexibility index (Phi) is 7.20. The summed E-state index contributed by atoms with van der Waals surface area (Å²) in [6.07, 6.45) is 7.23. The van der Waals surface area contributed by atoms with Crippen molar-refractivity contribution < 1.29 is 27.8 Å². The zero-order valence-electron chi connectivity index (χ0n) is 21.1. The standard InChI is InChI=1S/C27H32F2N2O5/c1-5-35-25(33)20-14-19(16-11-12-16)23-18(22(29)21(28)15-31(23)24(20)32)10-6-8-17-9-7-13-30(17)26(34)36-27(2,3)4/h6,10,14-17H,5,7-9,11-13H2,1-4H3/b10-6-/t17-/m1/s1. The van der Waals surface area contributed by atoms with Gasteiger partial charge >= 0.3 is 12.1 Å². The highest BCUT2D eigenvalue weighted by molar-refractivity contribution is 5.91. The van der Waals surface area contributed by atoms with Gasteiger partial charge in [-0.25, -0.2) is 18.4 Å². The van der Waals surface area contributed by atoms with Crippen molar-refractivity contribution in [1.82, 2.24) is 9.30 Å². The van der Waals surface area contributed by atoms with Gasteiger partial charge < -0.3 is 14.4 Å². The number of carbonyl (C=O) groups excluding carboxylic acids is 2. The van der Waals surface area contributed by atoms with E-state index in [4.69, 9.17) is 9.47 Å². The lowest BCUT2D eigenvalue weighted by Gasteiger charge is -2.28. The highest BCUT2D eigenvalue weighted by Crippen LogP contribution is 2.43. The Balaban J connectivity index is 1.71. The maximum absolute atomic E-state index is 15.1. The van der Waals surface area contributed by atoms with Crippen molar-refractivity contribution in [3.05, 3.63) is 57.0 Å². The number of fused-ring (bicyclic) bond motifs is 1. The van der Waals surface area contributed by atoms with E-state index in [1.807, 2.05) is 0 Å². The molecule has 0 spiro atoms. The van der Waals surface area contributed by atoms with Gasteiger partial charge in [0, 0.05) is 18.2 Å². The maximum atomic E-state index is 15.1. The number of amides is 1. The Morgan fingerprint density at radius 2 is 1.92 bits per heavy atom. The molecule has 1 saturated carbocycles. The molecule has 0 aromatic carbocycles. The number of halogens is 2. The van der Waals surface area contributed by atoms with E-state index >= 15 is 4.39 Å². The van der Waals surface area contributed by atoms with Gasteiger partial charge in [-0.05, 0) is 77.3 Å². The van der Waals surface area contributed by atoms with Gasteiger partial charge in [-0.15, -0.1) is 0 Å². The van der Waals surface area contributed by atoms with Crippen LogP contribution in [0.5, 0.6) is 0 Å². The topological polar surface area (TPSA) is 77.3 Å². The minimum atomic E-state index is -1.19. The second kappa shape index (κ2) is 10.0. The van der Waals surface area contributed by atoms with Crippen LogP contribution in [0.2, 0.25) is 0 Å². The van der Waals surface area contributed by atoms with E-state index in [0.717, 1.165) is 36.3 Å². The number of aromatic nitrogens is 1. The summed E-state index contributed by atoms with van der Waals surface area (Å²) in [7, 11) is 0. The molecule has 1 atom stereocenters. The van der Waals surface area contributed by atoms with Crippen molar-refractivity contribution in [2.45, 2.75) is 77.4 Å². The van der Waals surface area contributed by atoms with Crippen molar-refractivity contribution in [2.75, 3.05) is 13.2 Å². The highest BCUT2D eigenvalue weighted by Gasteiger charge is 2.32. The molecule has 0 N–H and O–H groups in total. The summed E-state index contributed by atoms with van der Waals surface area (Å²) in [6.45, 7) is 7.71. The molecular formula is C27H32F2N2O5. The second-order valence-electron chi connectivity index (χ2n) is 10.3. The van der Waals surface area contributed by atoms with Gasteiger partial charge in [0.1, 0.15) is 11.2 Å². The second-order valence-corrected chi connectivity index (χ2v) is 10.3. The van der Waals surface area contributed by atoms with Gasteiger partial charge in [0.05, 0.1) is 18.3 Å². The summed E-state index contributed by atoms with van der Waals surface area (Å²) >= 11 is 0. The predicted molar refractivity (Wildman–Crippen MR) is 131 cm³/mol. The molecule has 3 heterocycles. The third-order valence-electron chi connectivity index (χ3n) is 6.42. The van der Waals surface area contributed by atoms with Crippen LogP contribution in [0.1, 0.15) is 87.2 Å². The first-order valence-electron chi connectivity index (χ1n) is 12.4. The number of ether oxygens (including phenoxy) is 2. The number of esters is 1. The SMILES string of the molecule is CCOC(=O)c1cc(C2CC2)c2c(/C=C\C[C@@H]3CCCN3C(=O)OC(C)(C)C)c(F)c(F)cn2c1=O. The monoisotopic (exact) mass is 502 g/mol. The van der Waals surface area contributed by atoms with Crippen LogP contribution >= 0.6 is 0 Å². The molecule has 194 valence electrons. The van der Waals surface area contributed by atoms with E-state index in [2.05, 4.69) is 0 Å². The van der Waals surface area contributed by atoms with Crippen molar-refractivity contribution in [3.8, 4) is 0 Å². The van der Waals surface area contributed by atoms with Crippen LogP contribution in [0, 0.1) is 11.6 Å². The molecule has 9 heteroatoms. The first-order chi connectivity index (χ1) is 17.0. The van der Waals surface area contributed by atoms with Crippen LogP contribution < -0.4 is 5.56 Å². The maximum Gasteiger partial charge on any atom is 0.410 e. The fourth-order valence-corrected chi connectivity index (χ4v) is 4.66. The van der Waals surface area contributed by atoms with Crippen LogP contribution in [-0.4, -0.2) is 46.2 Å². The normalized spacial score (nSPS) is 18.3. The Hall–Kier alpha value is -3.23. The molecule has 1 aliphatic carbocycles. The van der Waals surface area contributed by atoms with Crippen LogP contribution in [0.4, 0.5) is 13.6 Å². The third kappa shape index (κ3) is 5.29. The summed E-state index contributed by atoms with van der Waals surface area (Å²) in [5.74, 6) is -3.00. The summed E-state index contributed by atoms with van der Waals surface area (Å²) in [4.78, 5) is 39.7. The molecule has 36 heavy (non-hydrogen) atoms. The Labute approximate surface area is 208 Å². The predicted octanol–water partition coefficient (Wildman–Crippen LogP) is 5.43. The first kappa shape index (κ1) is 25.9. The molecule has 1 saturated heterocycles. The molecule has 0 radical (unpaired) electrons. The average Bonchev–Trinajstić information content (AvgIpc) is 3.53. The molecular weight excluding hydrogens is 470 g/mol. The number of rotatable bonds is 6. The summed E-state index contributed by atoms with van der Waals surface area (Å²) in [5, 5.41) is 0. The van der Waals surface area contributed by atoms with E-state index < -0.39 is 34.9 Å². The van der Waals surface area contributed by atoms with E-state index in [-0.39, 0.29) is 35.2 Å². The lowest BCUT2D eigenvalue weighted by Crippen LogP contribution is -2.39. The number of nitrogens with zero attached hydrogens (tertiary/aromatic N) is 2. The largest absolute Gasteiger partial charge is 0.462 e. The molecule has 1 amide bonds. The highest BCUT2D eigenvalue weighted by atomic mass is 19.2. The van der Waals surface area contributed by atoms with E-state index in [1.165, 1.54) is 12.1 Å². The smallest absolute Gasteiger partial charge is 0.410 e. The van der Waals surface area contributed by atoms with Gasteiger partial charge in [0.25, 0.3) is 5.56 Å². The number of hydrogen-bond acceptors (Lipinski definition) is 5. The minimum Gasteiger partial charge on any atom is -0.462 e. The van der Waals surface area contributed by atoms with Gasteiger partial charge in [-0.1, -0.05) is 12.2 Å². The summed E-state index contributed by atoms with van der Waals surface area (Å²) < 4.78 is 41.2. The fourth-order valence-electron chi connectivity index (χ4n) is 4.66. The summed E-state index contributed by atoms with van der Waals surface area (Å²) in [6, 6.07) is 1.34. The number of likely N-dealkylation sites (tertiary alicyclic amines) is 1. The molecule has 0 bridgehead atoms. The quantitative estimate of drug-likeness (QED) is 0.492. The van der Waals surface area contributed by atoms with Crippen LogP contribution in [0.3, 0.4) is 0 Å².